The molecule has 1 aromatic carbocycles. The van der Waals surface area contributed by atoms with Gasteiger partial charge in [0.2, 0.25) is 0 Å². The molecular formula is C13H17NO2. The van der Waals surface area contributed by atoms with Gasteiger partial charge in [0.05, 0.1) is 6.10 Å². The van der Waals surface area contributed by atoms with Gasteiger partial charge in [-0.3, -0.25) is 4.79 Å². The van der Waals surface area contributed by atoms with Crippen molar-refractivity contribution < 1.29 is 9.53 Å². The van der Waals surface area contributed by atoms with Crippen molar-refractivity contribution in [3.63, 3.8) is 0 Å². The van der Waals surface area contributed by atoms with E-state index in [9.17, 15) is 4.79 Å². The Morgan fingerprint density at radius 2 is 2.25 bits per heavy atom. The van der Waals surface area contributed by atoms with Crippen LogP contribution in [0.3, 0.4) is 0 Å². The molecule has 0 bridgehead atoms. The highest BCUT2D eigenvalue weighted by Gasteiger charge is 2.24. The van der Waals surface area contributed by atoms with Crippen LogP contribution in [0.25, 0.3) is 0 Å². The van der Waals surface area contributed by atoms with E-state index in [1.54, 1.807) is 7.05 Å². The second-order valence-electron chi connectivity index (χ2n) is 4.07. The van der Waals surface area contributed by atoms with Gasteiger partial charge in [0, 0.05) is 12.6 Å². The van der Waals surface area contributed by atoms with Crippen LogP contribution >= 0.6 is 0 Å². The Balaban J connectivity index is 2.25. The van der Waals surface area contributed by atoms with Crippen molar-refractivity contribution in [2.75, 3.05) is 7.05 Å². The number of carbonyl (C=O) groups excluding carboxylic acids is 1. The molecule has 3 heteroatoms. The van der Waals surface area contributed by atoms with Crippen molar-refractivity contribution in [2.45, 2.75) is 32.3 Å². The van der Waals surface area contributed by atoms with Gasteiger partial charge in [0.1, 0.15) is 5.75 Å². The smallest absolute Gasteiger partial charge is 0.251 e. The van der Waals surface area contributed by atoms with Crippen LogP contribution in [0, 0.1) is 0 Å². The standard InChI is InChI=1S/C13H17NO2/c1-3-9-4-5-11(16-10-6-7-10)8-12(9)13(15)14-2/h4-5,8,10H,3,6-7H2,1-2H3,(H,14,15). The van der Waals surface area contributed by atoms with E-state index in [4.69, 9.17) is 4.74 Å². The van der Waals surface area contributed by atoms with Crippen LogP contribution in [0.5, 0.6) is 5.75 Å². The van der Waals surface area contributed by atoms with Crippen LogP contribution < -0.4 is 10.1 Å². The first-order valence-corrected chi connectivity index (χ1v) is 5.76. The van der Waals surface area contributed by atoms with Crippen LogP contribution in [-0.2, 0) is 6.42 Å². The number of aryl methyl sites for hydroxylation is 1. The molecule has 0 radical (unpaired) electrons. The van der Waals surface area contributed by atoms with E-state index in [0.717, 1.165) is 36.1 Å². The Morgan fingerprint density at radius 3 is 2.81 bits per heavy atom. The van der Waals surface area contributed by atoms with Crippen molar-refractivity contribution in [3.05, 3.63) is 29.3 Å². The van der Waals surface area contributed by atoms with Gasteiger partial charge >= 0.3 is 0 Å². The molecule has 0 saturated heterocycles. The Kier molecular flexibility index (Phi) is 3.13. The van der Waals surface area contributed by atoms with Crippen molar-refractivity contribution in [2.24, 2.45) is 0 Å². The third-order valence-corrected chi connectivity index (χ3v) is 2.76. The molecule has 1 saturated carbocycles. The minimum atomic E-state index is -0.0434. The lowest BCUT2D eigenvalue weighted by atomic mass is 10.0. The summed E-state index contributed by atoms with van der Waals surface area (Å²) in [4.78, 5) is 11.7. The SMILES string of the molecule is CCc1ccc(OC2CC2)cc1C(=O)NC. The maximum Gasteiger partial charge on any atom is 0.251 e. The first-order valence-electron chi connectivity index (χ1n) is 5.76. The highest BCUT2D eigenvalue weighted by molar-refractivity contribution is 5.95. The molecule has 0 unspecified atom stereocenters. The van der Waals surface area contributed by atoms with Gasteiger partial charge in [0.15, 0.2) is 0 Å². The minimum absolute atomic E-state index is 0.0434. The van der Waals surface area contributed by atoms with Gasteiger partial charge in [-0.25, -0.2) is 0 Å². The number of hydrogen-bond acceptors (Lipinski definition) is 2. The first-order chi connectivity index (χ1) is 7.74. The van der Waals surface area contributed by atoms with Gasteiger partial charge in [0.25, 0.3) is 5.91 Å². The molecule has 2 rings (SSSR count). The zero-order valence-electron chi connectivity index (χ0n) is 9.75. The van der Waals surface area contributed by atoms with Gasteiger partial charge in [-0.2, -0.15) is 0 Å². The van der Waals surface area contributed by atoms with Gasteiger partial charge in [-0.15, -0.1) is 0 Å². The average molecular weight is 219 g/mol. The topological polar surface area (TPSA) is 38.3 Å². The molecule has 0 aliphatic heterocycles. The molecule has 1 aromatic rings. The molecule has 1 fully saturated rings. The van der Waals surface area contributed by atoms with E-state index in [1.165, 1.54) is 0 Å². The molecule has 0 spiro atoms. The molecule has 3 nitrogen and oxygen atoms in total. The molecular weight excluding hydrogens is 202 g/mol. The maximum absolute atomic E-state index is 11.7. The molecule has 16 heavy (non-hydrogen) atoms. The summed E-state index contributed by atoms with van der Waals surface area (Å²) in [5.41, 5.74) is 1.78. The largest absolute Gasteiger partial charge is 0.490 e. The number of hydrogen-bond donors (Lipinski definition) is 1. The van der Waals surface area contributed by atoms with Gasteiger partial charge in [-0.1, -0.05) is 13.0 Å². The summed E-state index contributed by atoms with van der Waals surface area (Å²) in [6.07, 6.45) is 3.48. The molecule has 0 heterocycles. The van der Waals surface area contributed by atoms with E-state index in [-0.39, 0.29) is 5.91 Å². The Labute approximate surface area is 95.8 Å². The lowest BCUT2D eigenvalue weighted by molar-refractivity contribution is 0.0961. The summed E-state index contributed by atoms with van der Waals surface area (Å²) in [6.45, 7) is 2.04. The third-order valence-electron chi connectivity index (χ3n) is 2.76. The Bertz CT molecular complexity index is 397. The summed E-state index contributed by atoms with van der Waals surface area (Å²) >= 11 is 0. The van der Waals surface area contributed by atoms with Crippen LogP contribution in [0.2, 0.25) is 0 Å². The molecule has 86 valence electrons. The molecule has 1 aliphatic rings. The summed E-state index contributed by atoms with van der Waals surface area (Å²) in [6, 6.07) is 5.77. The zero-order valence-corrected chi connectivity index (χ0v) is 9.75. The summed E-state index contributed by atoms with van der Waals surface area (Å²) < 4.78 is 5.68. The zero-order chi connectivity index (χ0) is 11.5. The quantitative estimate of drug-likeness (QED) is 0.842. The molecule has 0 atom stereocenters. The number of ether oxygens (including phenoxy) is 1. The Hall–Kier alpha value is -1.51. The predicted octanol–water partition coefficient (Wildman–Crippen LogP) is 2.15. The van der Waals surface area contributed by atoms with Crippen molar-refractivity contribution in [1.29, 1.82) is 0 Å². The van der Waals surface area contributed by atoms with E-state index in [2.05, 4.69) is 5.32 Å². The maximum atomic E-state index is 11.7. The third kappa shape index (κ3) is 2.35. The predicted molar refractivity (Wildman–Crippen MR) is 62.9 cm³/mol. The van der Waals surface area contributed by atoms with Crippen LogP contribution in [0.4, 0.5) is 0 Å². The minimum Gasteiger partial charge on any atom is -0.490 e. The number of rotatable bonds is 4. The summed E-state index contributed by atoms with van der Waals surface area (Å²) in [5, 5.41) is 2.66. The van der Waals surface area contributed by atoms with Gasteiger partial charge < -0.3 is 10.1 Å². The van der Waals surface area contributed by atoms with Crippen LogP contribution in [0.15, 0.2) is 18.2 Å². The molecule has 1 amide bonds. The second kappa shape index (κ2) is 4.56. The second-order valence-corrected chi connectivity index (χ2v) is 4.07. The molecule has 1 N–H and O–H groups in total. The number of benzene rings is 1. The van der Waals surface area contributed by atoms with Gasteiger partial charge in [-0.05, 0) is 37.0 Å². The monoisotopic (exact) mass is 219 g/mol. The van der Waals surface area contributed by atoms with E-state index < -0.39 is 0 Å². The number of amides is 1. The number of nitrogens with one attached hydrogen (secondary N) is 1. The van der Waals surface area contributed by atoms with Crippen molar-refractivity contribution in [1.82, 2.24) is 5.32 Å². The van der Waals surface area contributed by atoms with E-state index >= 15 is 0 Å². The highest BCUT2D eigenvalue weighted by Crippen LogP contribution is 2.28. The summed E-state index contributed by atoms with van der Waals surface area (Å²) in [5.74, 6) is 0.761. The van der Waals surface area contributed by atoms with Crippen LogP contribution in [-0.4, -0.2) is 19.1 Å². The number of carbonyl (C=O) groups is 1. The Morgan fingerprint density at radius 1 is 1.50 bits per heavy atom. The van der Waals surface area contributed by atoms with E-state index in [1.807, 2.05) is 25.1 Å². The van der Waals surface area contributed by atoms with Crippen molar-refractivity contribution >= 4 is 5.91 Å². The van der Waals surface area contributed by atoms with E-state index in [0.29, 0.717) is 6.10 Å². The first kappa shape index (κ1) is 11.0. The lowest BCUT2D eigenvalue weighted by Gasteiger charge is -2.10. The molecule has 0 aromatic heterocycles. The normalized spacial score (nSPS) is 14.6. The van der Waals surface area contributed by atoms with Crippen LogP contribution in [0.1, 0.15) is 35.7 Å². The van der Waals surface area contributed by atoms with Crippen molar-refractivity contribution in [3.8, 4) is 5.75 Å². The fourth-order valence-electron chi connectivity index (χ4n) is 1.66. The summed E-state index contributed by atoms with van der Waals surface area (Å²) in [7, 11) is 1.65. The lowest BCUT2D eigenvalue weighted by Crippen LogP contribution is -2.19. The average Bonchev–Trinajstić information content (AvgIpc) is 3.12. The highest BCUT2D eigenvalue weighted by atomic mass is 16.5. The fourth-order valence-corrected chi connectivity index (χ4v) is 1.66. The molecule has 1 aliphatic carbocycles. The fraction of sp³-hybridized carbons (Fsp3) is 0.462.